The van der Waals surface area contributed by atoms with Crippen LogP contribution in [0, 0.1) is 0 Å². The van der Waals surface area contributed by atoms with Gasteiger partial charge in [0.2, 0.25) is 0 Å². The maximum absolute atomic E-state index is 6.10. The zero-order valence-corrected chi connectivity index (χ0v) is 11.4. The molecule has 3 heterocycles. The van der Waals surface area contributed by atoms with Crippen molar-refractivity contribution in [2.75, 3.05) is 6.54 Å². The maximum atomic E-state index is 6.10. The van der Waals surface area contributed by atoms with E-state index in [-0.39, 0.29) is 0 Å². The first-order valence-electron chi connectivity index (χ1n) is 6.19. The van der Waals surface area contributed by atoms with Crippen molar-refractivity contribution in [2.24, 2.45) is 0 Å². The third-order valence-electron chi connectivity index (χ3n) is 3.29. The number of aromatic nitrogens is 3. The number of rotatable bonds is 1. The fraction of sp³-hybridized carbons (Fsp3) is 0.500. The number of hydrogen-bond acceptors (Lipinski definition) is 3. The molecule has 1 atom stereocenters. The van der Waals surface area contributed by atoms with Gasteiger partial charge in [0.15, 0.2) is 5.65 Å². The summed E-state index contributed by atoms with van der Waals surface area (Å²) in [5, 5.41) is 8.92. The van der Waals surface area contributed by atoms with Crippen molar-refractivity contribution in [3.05, 3.63) is 28.1 Å². The molecular formula is C12H14Cl2N4. The topological polar surface area (TPSA) is 42.2 Å². The van der Waals surface area contributed by atoms with E-state index >= 15 is 0 Å². The second kappa shape index (κ2) is 5.03. The second-order valence-corrected chi connectivity index (χ2v) is 5.37. The molecule has 1 aliphatic heterocycles. The molecule has 0 amide bonds. The smallest absolute Gasteiger partial charge is 0.158 e. The normalized spacial score (nSPS) is 21.1. The third-order valence-corrected chi connectivity index (χ3v) is 3.75. The van der Waals surface area contributed by atoms with Crippen molar-refractivity contribution in [3.8, 4) is 0 Å². The first-order chi connectivity index (χ1) is 8.74. The van der Waals surface area contributed by atoms with E-state index < -0.39 is 0 Å². The zero-order chi connectivity index (χ0) is 12.5. The van der Waals surface area contributed by atoms with Crippen molar-refractivity contribution in [1.29, 1.82) is 0 Å². The third kappa shape index (κ3) is 2.32. The first-order valence-corrected chi connectivity index (χ1v) is 6.95. The van der Waals surface area contributed by atoms with E-state index in [1.165, 1.54) is 19.3 Å². The van der Waals surface area contributed by atoms with E-state index in [9.17, 15) is 0 Å². The molecule has 0 aromatic carbocycles. The second-order valence-electron chi connectivity index (χ2n) is 4.60. The monoisotopic (exact) mass is 284 g/mol. The maximum Gasteiger partial charge on any atom is 0.158 e. The Morgan fingerprint density at radius 3 is 3.00 bits per heavy atom. The molecule has 2 aromatic rings. The molecule has 1 N–H and O–H groups in total. The van der Waals surface area contributed by atoms with Crippen LogP contribution in [0.4, 0.5) is 0 Å². The van der Waals surface area contributed by atoms with E-state index in [1.807, 2.05) is 6.07 Å². The summed E-state index contributed by atoms with van der Waals surface area (Å²) in [7, 11) is 0. The van der Waals surface area contributed by atoms with Crippen molar-refractivity contribution < 1.29 is 0 Å². The van der Waals surface area contributed by atoms with Gasteiger partial charge in [0.25, 0.3) is 0 Å². The minimum atomic E-state index is 0.295. The molecule has 0 spiro atoms. The Kier molecular flexibility index (Phi) is 3.41. The zero-order valence-electron chi connectivity index (χ0n) is 9.87. The van der Waals surface area contributed by atoms with Crippen LogP contribution in [0.3, 0.4) is 0 Å². The van der Waals surface area contributed by atoms with Crippen LogP contribution in [-0.4, -0.2) is 21.1 Å². The largest absolute Gasteiger partial charge is 0.309 e. The summed E-state index contributed by atoms with van der Waals surface area (Å²) in [4.78, 5) is 4.23. The number of nitrogens with zero attached hydrogens (tertiary/aromatic N) is 3. The Morgan fingerprint density at radius 1 is 1.22 bits per heavy atom. The van der Waals surface area contributed by atoms with E-state index in [2.05, 4.69) is 15.4 Å². The van der Waals surface area contributed by atoms with Crippen molar-refractivity contribution in [3.63, 3.8) is 0 Å². The van der Waals surface area contributed by atoms with Gasteiger partial charge in [0.05, 0.1) is 11.7 Å². The first kappa shape index (κ1) is 12.2. The minimum Gasteiger partial charge on any atom is -0.309 e. The van der Waals surface area contributed by atoms with Crippen LogP contribution in [0.1, 0.15) is 37.4 Å². The predicted molar refractivity (Wildman–Crippen MR) is 72.2 cm³/mol. The lowest BCUT2D eigenvalue weighted by Crippen LogP contribution is -2.20. The molecule has 1 saturated heterocycles. The summed E-state index contributed by atoms with van der Waals surface area (Å²) in [6, 6.07) is 3.86. The molecule has 0 aliphatic carbocycles. The van der Waals surface area contributed by atoms with Crippen molar-refractivity contribution >= 4 is 28.8 Å². The van der Waals surface area contributed by atoms with E-state index in [0.717, 1.165) is 18.7 Å². The molecule has 18 heavy (non-hydrogen) atoms. The quantitative estimate of drug-likeness (QED) is 0.818. The summed E-state index contributed by atoms with van der Waals surface area (Å²) in [6.07, 6.45) is 4.85. The molecule has 0 saturated carbocycles. The standard InChI is InChI=1S/C12H14Cl2N4/c13-10-7-11(14)18-12(16-10)6-9(17-18)8-4-2-1-3-5-15-8/h6-8,15H,1-5H2. The summed E-state index contributed by atoms with van der Waals surface area (Å²) in [6.45, 7) is 1.04. The van der Waals surface area contributed by atoms with Crippen LogP contribution in [0.2, 0.25) is 10.3 Å². The highest BCUT2D eigenvalue weighted by atomic mass is 35.5. The average Bonchev–Trinajstić information content (AvgIpc) is 2.59. The molecule has 6 heteroatoms. The average molecular weight is 285 g/mol. The fourth-order valence-corrected chi connectivity index (χ4v) is 2.85. The molecule has 0 bridgehead atoms. The van der Waals surface area contributed by atoms with Crippen molar-refractivity contribution in [1.82, 2.24) is 19.9 Å². The molecular weight excluding hydrogens is 271 g/mol. The summed E-state index contributed by atoms with van der Waals surface area (Å²) < 4.78 is 1.63. The fourth-order valence-electron chi connectivity index (χ4n) is 2.38. The molecule has 96 valence electrons. The molecule has 3 rings (SSSR count). The predicted octanol–water partition coefficient (Wildman–Crippen LogP) is 3.24. The van der Waals surface area contributed by atoms with Gasteiger partial charge in [0.1, 0.15) is 10.3 Å². The van der Waals surface area contributed by atoms with Gasteiger partial charge in [0, 0.05) is 12.1 Å². The van der Waals surface area contributed by atoms with E-state index in [0.29, 0.717) is 22.0 Å². The minimum absolute atomic E-state index is 0.295. The summed E-state index contributed by atoms with van der Waals surface area (Å²) in [5.41, 5.74) is 1.70. The van der Waals surface area contributed by atoms with Crippen LogP contribution in [-0.2, 0) is 0 Å². The van der Waals surface area contributed by atoms with Crippen molar-refractivity contribution in [2.45, 2.75) is 31.7 Å². The van der Waals surface area contributed by atoms with Gasteiger partial charge in [-0.25, -0.2) is 9.50 Å². The number of nitrogens with one attached hydrogen (secondary N) is 1. The van der Waals surface area contributed by atoms with Gasteiger partial charge in [-0.3, -0.25) is 0 Å². The van der Waals surface area contributed by atoms with Gasteiger partial charge in [-0.1, -0.05) is 36.0 Å². The SMILES string of the molecule is Clc1cc(Cl)n2nc(C3CCCCCN3)cc2n1. The van der Waals surface area contributed by atoms with E-state index in [1.54, 1.807) is 10.6 Å². The molecule has 4 nitrogen and oxygen atoms in total. The molecule has 0 radical (unpaired) electrons. The van der Waals surface area contributed by atoms with Crippen LogP contribution >= 0.6 is 23.2 Å². The Bertz CT molecular complexity index is 558. The molecule has 1 fully saturated rings. The number of halogens is 2. The van der Waals surface area contributed by atoms with Gasteiger partial charge >= 0.3 is 0 Å². The van der Waals surface area contributed by atoms with Crippen LogP contribution in [0.5, 0.6) is 0 Å². The lowest BCUT2D eigenvalue weighted by Gasteiger charge is -2.11. The van der Waals surface area contributed by atoms with Crippen LogP contribution in [0.25, 0.3) is 5.65 Å². The van der Waals surface area contributed by atoms with Gasteiger partial charge < -0.3 is 5.32 Å². The Labute approximate surface area is 115 Å². The number of fused-ring (bicyclic) bond motifs is 1. The van der Waals surface area contributed by atoms with Crippen LogP contribution < -0.4 is 5.32 Å². The van der Waals surface area contributed by atoms with E-state index in [4.69, 9.17) is 23.2 Å². The van der Waals surface area contributed by atoms with Crippen LogP contribution in [0.15, 0.2) is 12.1 Å². The lowest BCUT2D eigenvalue weighted by atomic mass is 10.1. The summed E-state index contributed by atoms with van der Waals surface area (Å²) in [5.74, 6) is 0. The Morgan fingerprint density at radius 2 is 2.11 bits per heavy atom. The Hall–Kier alpha value is -0.840. The van der Waals surface area contributed by atoms with Gasteiger partial charge in [-0.05, 0) is 19.4 Å². The highest BCUT2D eigenvalue weighted by molar-refractivity contribution is 6.33. The molecule has 1 aliphatic rings. The molecule has 1 unspecified atom stereocenters. The number of hydrogen-bond donors (Lipinski definition) is 1. The molecule has 2 aromatic heterocycles. The highest BCUT2D eigenvalue weighted by Crippen LogP contribution is 2.24. The summed E-state index contributed by atoms with van der Waals surface area (Å²) >= 11 is 12.0. The Balaban J connectivity index is 1.99. The highest BCUT2D eigenvalue weighted by Gasteiger charge is 2.18. The van der Waals surface area contributed by atoms with Gasteiger partial charge in [-0.2, -0.15) is 5.10 Å². The lowest BCUT2D eigenvalue weighted by molar-refractivity contribution is 0.519. The van der Waals surface area contributed by atoms with Gasteiger partial charge in [-0.15, -0.1) is 0 Å².